The highest BCUT2D eigenvalue weighted by molar-refractivity contribution is 7.09. The predicted molar refractivity (Wildman–Crippen MR) is 124 cm³/mol. The first-order chi connectivity index (χ1) is 14.7. The Morgan fingerprint density at radius 3 is 2.77 bits per heavy atom. The Bertz CT molecular complexity index is 904. The number of aromatic nitrogens is 2. The second kappa shape index (κ2) is 8.87. The summed E-state index contributed by atoms with van der Waals surface area (Å²) >= 11 is 1.70. The molecule has 7 heteroatoms. The molecule has 0 aromatic carbocycles. The van der Waals surface area contributed by atoms with E-state index in [9.17, 15) is 4.79 Å². The average molecular weight is 443 g/mol. The van der Waals surface area contributed by atoms with Crippen LogP contribution in [0.15, 0.2) is 23.7 Å². The van der Waals surface area contributed by atoms with E-state index in [0.717, 1.165) is 49.6 Å². The molecule has 1 aliphatic heterocycles. The standard InChI is InChI=1S/C24H34N4O2S/c1-15(9-18-7-6-8-31-18)22(29)26-20-10-24(4,5)11-21-19(20)12-25-23(27-21)28-13-16(2)30-17(3)14-28/h6-8,12,15-17,20H,9-11,13-14H2,1-5H3,(H,26,29). The Hall–Kier alpha value is -1.99. The van der Waals surface area contributed by atoms with Gasteiger partial charge in [0.05, 0.1) is 23.9 Å². The molecule has 0 bridgehead atoms. The fourth-order valence-corrected chi connectivity index (χ4v) is 5.63. The van der Waals surface area contributed by atoms with E-state index in [0.29, 0.717) is 0 Å². The van der Waals surface area contributed by atoms with Gasteiger partial charge in [-0.1, -0.05) is 26.8 Å². The van der Waals surface area contributed by atoms with Crippen molar-refractivity contribution in [1.82, 2.24) is 15.3 Å². The molecule has 4 rings (SSSR count). The molecule has 31 heavy (non-hydrogen) atoms. The summed E-state index contributed by atoms with van der Waals surface area (Å²) in [6.07, 6.45) is 4.83. The van der Waals surface area contributed by atoms with Gasteiger partial charge >= 0.3 is 0 Å². The number of thiophene rings is 1. The van der Waals surface area contributed by atoms with Gasteiger partial charge in [0.1, 0.15) is 0 Å². The van der Waals surface area contributed by atoms with Crippen molar-refractivity contribution in [2.24, 2.45) is 11.3 Å². The molecule has 3 heterocycles. The fraction of sp³-hybridized carbons (Fsp3) is 0.625. The van der Waals surface area contributed by atoms with Crippen LogP contribution in [0, 0.1) is 11.3 Å². The number of anilines is 1. The number of ether oxygens (including phenoxy) is 1. The minimum absolute atomic E-state index is 0.0476. The number of rotatable bonds is 5. The molecule has 168 valence electrons. The fourth-order valence-electron chi connectivity index (χ4n) is 4.80. The van der Waals surface area contributed by atoms with Gasteiger partial charge in [-0.25, -0.2) is 9.97 Å². The second-order valence-electron chi connectivity index (χ2n) is 10.0. The van der Waals surface area contributed by atoms with Crippen molar-refractivity contribution in [3.05, 3.63) is 39.8 Å². The van der Waals surface area contributed by atoms with Crippen LogP contribution < -0.4 is 10.2 Å². The monoisotopic (exact) mass is 442 g/mol. The highest BCUT2D eigenvalue weighted by atomic mass is 32.1. The van der Waals surface area contributed by atoms with Crippen molar-refractivity contribution in [3.63, 3.8) is 0 Å². The number of nitrogens with zero attached hydrogens (tertiary/aromatic N) is 3. The van der Waals surface area contributed by atoms with Crippen LogP contribution in [0.3, 0.4) is 0 Å². The molecule has 2 aliphatic rings. The summed E-state index contributed by atoms with van der Waals surface area (Å²) in [7, 11) is 0. The van der Waals surface area contributed by atoms with Crippen molar-refractivity contribution in [1.29, 1.82) is 0 Å². The van der Waals surface area contributed by atoms with Gasteiger partial charge in [-0.05, 0) is 50.0 Å². The summed E-state index contributed by atoms with van der Waals surface area (Å²) in [4.78, 5) is 26.1. The van der Waals surface area contributed by atoms with Gasteiger partial charge in [0.2, 0.25) is 11.9 Å². The number of amides is 1. The van der Waals surface area contributed by atoms with Crippen molar-refractivity contribution in [2.45, 2.75) is 72.1 Å². The minimum atomic E-state index is -0.0661. The SMILES string of the molecule is CC1CN(c2ncc3c(n2)CC(C)(C)CC3NC(=O)C(C)Cc2cccs2)CC(C)O1. The van der Waals surface area contributed by atoms with Crippen LogP contribution in [0.2, 0.25) is 0 Å². The van der Waals surface area contributed by atoms with Crippen LogP contribution in [-0.4, -0.2) is 41.2 Å². The maximum Gasteiger partial charge on any atom is 0.225 e. The smallest absolute Gasteiger partial charge is 0.225 e. The Kier molecular flexibility index (Phi) is 6.35. The van der Waals surface area contributed by atoms with Gasteiger partial charge in [0, 0.05) is 35.6 Å². The Morgan fingerprint density at radius 2 is 2.10 bits per heavy atom. The number of nitrogens with one attached hydrogen (secondary N) is 1. The maximum absolute atomic E-state index is 13.0. The average Bonchev–Trinajstić information content (AvgIpc) is 3.18. The minimum Gasteiger partial charge on any atom is -0.372 e. The van der Waals surface area contributed by atoms with Gasteiger partial charge in [-0.15, -0.1) is 11.3 Å². The third kappa shape index (κ3) is 5.26. The van der Waals surface area contributed by atoms with Gasteiger partial charge in [-0.3, -0.25) is 4.79 Å². The van der Waals surface area contributed by atoms with E-state index in [-0.39, 0.29) is 35.5 Å². The summed E-state index contributed by atoms with van der Waals surface area (Å²) < 4.78 is 5.86. The lowest BCUT2D eigenvalue weighted by Crippen LogP contribution is -2.46. The lowest BCUT2D eigenvalue weighted by Gasteiger charge is -2.38. The van der Waals surface area contributed by atoms with Crippen LogP contribution in [-0.2, 0) is 22.4 Å². The first-order valence-corrected chi connectivity index (χ1v) is 12.2. The summed E-state index contributed by atoms with van der Waals surface area (Å²) in [6.45, 7) is 12.3. The van der Waals surface area contributed by atoms with E-state index < -0.39 is 0 Å². The van der Waals surface area contributed by atoms with Crippen LogP contribution in [0.4, 0.5) is 5.95 Å². The molecule has 1 fully saturated rings. The quantitative estimate of drug-likeness (QED) is 0.753. The van der Waals surface area contributed by atoms with Crippen LogP contribution >= 0.6 is 11.3 Å². The normalized spacial score (nSPS) is 26.2. The van der Waals surface area contributed by atoms with E-state index in [1.54, 1.807) is 11.3 Å². The molecule has 1 saturated heterocycles. The molecule has 4 unspecified atom stereocenters. The highest BCUT2D eigenvalue weighted by Crippen LogP contribution is 2.40. The Balaban J connectivity index is 1.52. The molecular formula is C24H34N4O2S. The van der Waals surface area contributed by atoms with Gasteiger partial charge in [-0.2, -0.15) is 0 Å². The zero-order valence-electron chi connectivity index (χ0n) is 19.2. The molecule has 1 amide bonds. The number of carbonyl (C=O) groups excluding carboxylic acids is 1. The number of hydrogen-bond acceptors (Lipinski definition) is 6. The van der Waals surface area contributed by atoms with Gasteiger partial charge in [0.15, 0.2) is 0 Å². The predicted octanol–water partition coefficient (Wildman–Crippen LogP) is 4.16. The van der Waals surface area contributed by atoms with Crippen molar-refractivity contribution in [2.75, 3.05) is 18.0 Å². The molecule has 2 aromatic heterocycles. The van der Waals surface area contributed by atoms with Crippen molar-refractivity contribution in [3.8, 4) is 0 Å². The van der Waals surface area contributed by atoms with Crippen molar-refractivity contribution >= 4 is 23.2 Å². The first-order valence-electron chi connectivity index (χ1n) is 11.3. The van der Waals surface area contributed by atoms with E-state index in [4.69, 9.17) is 14.7 Å². The Labute approximate surface area is 189 Å². The lowest BCUT2D eigenvalue weighted by molar-refractivity contribution is -0.125. The molecular weight excluding hydrogens is 408 g/mol. The number of carbonyl (C=O) groups is 1. The third-order valence-electron chi connectivity index (χ3n) is 6.22. The largest absolute Gasteiger partial charge is 0.372 e. The molecule has 1 aliphatic carbocycles. The summed E-state index contributed by atoms with van der Waals surface area (Å²) in [5.41, 5.74) is 2.19. The molecule has 0 saturated carbocycles. The topological polar surface area (TPSA) is 67.4 Å². The zero-order chi connectivity index (χ0) is 22.2. The van der Waals surface area contributed by atoms with E-state index >= 15 is 0 Å². The molecule has 0 radical (unpaired) electrons. The molecule has 4 atom stereocenters. The number of fused-ring (bicyclic) bond motifs is 1. The van der Waals surface area contributed by atoms with Gasteiger partial charge < -0.3 is 15.0 Å². The summed E-state index contributed by atoms with van der Waals surface area (Å²) in [6, 6.07) is 4.08. The van der Waals surface area contributed by atoms with E-state index in [1.165, 1.54) is 4.88 Å². The van der Waals surface area contributed by atoms with E-state index in [2.05, 4.69) is 49.4 Å². The molecule has 6 nitrogen and oxygen atoms in total. The molecule has 2 aromatic rings. The van der Waals surface area contributed by atoms with Crippen molar-refractivity contribution < 1.29 is 9.53 Å². The highest BCUT2D eigenvalue weighted by Gasteiger charge is 2.36. The Morgan fingerprint density at radius 1 is 1.35 bits per heavy atom. The summed E-state index contributed by atoms with van der Waals surface area (Å²) in [5, 5.41) is 5.37. The van der Waals surface area contributed by atoms with Crippen LogP contribution in [0.1, 0.15) is 63.2 Å². The number of hydrogen-bond donors (Lipinski definition) is 1. The second-order valence-corrected chi connectivity index (χ2v) is 11.1. The van der Waals surface area contributed by atoms with E-state index in [1.807, 2.05) is 19.2 Å². The van der Waals surface area contributed by atoms with Gasteiger partial charge in [0.25, 0.3) is 0 Å². The van der Waals surface area contributed by atoms with Crippen LogP contribution in [0.25, 0.3) is 0 Å². The zero-order valence-corrected chi connectivity index (χ0v) is 20.0. The molecule has 0 spiro atoms. The first kappa shape index (κ1) is 22.2. The molecule has 1 N–H and O–H groups in total. The number of morpholine rings is 1. The summed E-state index contributed by atoms with van der Waals surface area (Å²) in [5.74, 6) is 0.806. The lowest BCUT2D eigenvalue weighted by atomic mass is 9.74. The third-order valence-corrected chi connectivity index (χ3v) is 7.12. The maximum atomic E-state index is 13.0. The van der Waals surface area contributed by atoms with Crippen LogP contribution in [0.5, 0.6) is 0 Å².